The van der Waals surface area contributed by atoms with Crippen molar-refractivity contribution in [3.8, 4) is 6.07 Å². The van der Waals surface area contributed by atoms with Gasteiger partial charge in [0.2, 0.25) is 5.91 Å². The molecule has 0 bridgehead atoms. The average molecular weight is 602 g/mol. The minimum absolute atomic E-state index is 0.128. The summed E-state index contributed by atoms with van der Waals surface area (Å²) in [6.07, 6.45) is 4.02. The first-order chi connectivity index (χ1) is 20.2. The molecule has 3 fully saturated rings. The van der Waals surface area contributed by atoms with Crippen LogP contribution >= 0.6 is 11.3 Å². The lowest BCUT2D eigenvalue weighted by Crippen LogP contribution is -2.48. The second-order valence-corrected chi connectivity index (χ2v) is 13.6. The van der Waals surface area contributed by atoms with E-state index < -0.39 is 12.6 Å². The minimum atomic E-state index is -4.24. The molecule has 2 aromatic rings. The number of nitrogens with one attached hydrogen (secondary N) is 2. The maximum Gasteiger partial charge on any atom is 0.393 e. The third-order valence-electron chi connectivity index (χ3n) is 9.80. The average Bonchev–Trinajstić information content (AvgIpc) is 3.53. The number of nitriles is 1. The van der Waals surface area contributed by atoms with Gasteiger partial charge in [-0.1, -0.05) is 6.92 Å². The van der Waals surface area contributed by atoms with Crippen LogP contribution in [0.25, 0.3) is 10.2 Å². The molecule has 5 heterocycles. The third-order valence-corrected chi connectivity index (χ3v) is 10.8. The molecule has 42 heavy (non-hydrogen) atoms. The maximum absolute atomic E-state index is 12.9. The van der Waals surface area contributed by atoms with Crippen LogP contribution in [0.4, 0.5) is 19.0 Å². The van der Waals surface area contributed by atoms with Gasteiger partial charge >= 0.3 is 6.18 Å². The zero-order chi connectivity index (χ0) is 29.4. The van der Waals surface area contributed by atoms with Gasteiger partial charge < -0.3 is 20.4 Å². The number of carbonyl (C=O) groups is 1. The van der Waals surface area contributed by atoms with E-state index in [4.69, 9.17) is 0 Å². The van der Waals surface area contributed by atoms with Crippen molar-refractivity contribution in [2.24, 2.45) is 23.7 Å². The van der Waals surface area contributed by atoms with E-state index in [0.717, 1.165) is 75.3 Å². The van der Waals surface area contributed by atoms with E-state index in [2.05, 4.69) is 49.5 Å². The van der Waals surface area contributed by atoms with Gasteiger partial charge in [0.15, 0.2) is 0 Å². The van der Waals surface area contributed by atoms with Crippen LogP contribution in [0.15, 0.2) is 24.2 Å². The molecule has 0 aromatic carbocycles. The van der Waals surface area contributed by atoms with E-state index in [1.807, 2.05) is 0 Å². The number of thiophene rings is 1. The lowest BCUT2D eigenvalue weighted by Gasteiger charge is -2.44. The number of hydrogen-bond acceptors (Lipinski definition) is 8. The van der Waals surface area contributed by atoms with Crippen molar-refractivity contribution in [3.05, 3.63) is 29.0 Å². The lowest BCUT2D eigenvalue weighted by atomic mass is 9.70. The van der Waals surface area contributed by atoms with E-state index in [1.165, 1.54) is 6.33 Å². The summed E-state index contributed by atoms with van der Waals surface area (Å²) in [5.74, 6) is 2.57. The summed E-state index contributed by atoms with van der Waals surface area (Å²) in [6, 6.07) is 4.62. The number of amides is 1. The molecule has 8 nitrogen and oxygen atoms in total. The molecule has 1 amide bonds. The molecule has 226 valence electrons. The van der Waals surface area contributed by atoms with E-state index in [1.54, 1.807) is 6.07 Å². The number of carbonyl (C=O) groups excluding carboxylic acids is 1. The summed E-state index contributed by atoms with van der Waals surface area (Å²) in [5.41, 5.74) is 0.802. The summed E-state index contributed by atoms with van der Waals surface area (Å²) < 4.78 is 38.7. The molecule has 3 aliphatic heterocycles. The smallest absolute Gasteiger partial charge is 0.367 e. The Kier molecular flexibility index (Phi) is 8.33. The summed E-state index contributed by atoms with van der Waals surface area (Å²) in [7, 11) is 0. The van der Waals surface area contributed by atoms with Gasteiger partial charge in [0.1, 0.15) is 28.7 Å². The zero-order valence-electron chi connectivity index (χ0n) is 23.9. The SMILES string of the molecule is CC1C(CN2CCC(Nc3ncnc4sc(CC(F)(F)F)cc34)CC2)CCC2C1C=C(C#N)N2CC1CCC(=O)NC1. The molecule has 2 aromatic heterocycles. The molecule has 12 heteroatoms. The molecule has 1 aliphatic carbocycles. The van der Waals surface area contributed by atoms with E-state index in [-0.39, 0.29) is 16.8 Å². The molecule has 5 unspecified atom stereocenters. The maximum atomic E-state index is 12.9. The third kappa shape index (κ3) is 6.37. The van der Waals surface area contributed by atoms with Crippen LogP contribution in [0, 0.1) is 35.0 Å². The van der Waals surface area contributed by atoms with Crippen molar-refractivity contribution < 1.29 is 18.0 Å². The van der Waals surface area contributed by atoms with Crippen molar-refractivity contribution in [1.82, 2.24) is 25.1 Å². The first-order valence-corrected chi connectivity index (χ1v) is 15.9. The first kappa shape index (κ1) is 29.2. The van der Waals surface area contributed by atoms with Gasteiger partial charge in [-0.3, -0.25) is 4.79 Å². The highest BCUT2D eigenvalue weighted by molar-refractivity contribution is 7.18. The molecular formula is C30H38F3N7OS. The highest BCUT2D eigenvalue weighted by Gasteiger charge is 2.44. The van der Waals surface area contributed by atoms with E-state index >= 15 is 0 Å². The van der Waals surface area contributed by atoms with Gasteiger partial charge in [-0.15, -0.1) is 11.3 Å². The molecule has 0 spiro atoms. The topological polar surface area (TPSA) is 97.2 Å². The molecular weight excluding hydrogens is 563 g/mol. The van der Waals surface area contributed by atoms with E-state index in [0.29, 0.717) is 58.7 Å². The van der Waals surface area contributed by atoms with Crippen molar-refractivity contribution in [2.45, 2.75) is 70.1 Å². The first-order valence-electron chi connectivity index (χ1n) is 15.1. The molecule has 5 atom stereocenters. The van der Waals surface area contributed by atoms with Gasteiger partial charge in [-0.25, -0.2) is 9.97 Å². The van der Waals surface area contributed by atoms with Gasteiger partial charge in [0.05, 0.1) is 11.8 Å². The Labute approximate surface area is 248 Å². The Hall–Kier alpha value is -2.91. The highest BCUT2D eigenvalue weighted by atomic mass is 32.1. The van der Waals surface area contributed by atoms with Crippen molar-refractivity contribution in [3.63, 3.8) is 0 Å². The fraction of sp³-hybridized carbons (Fsp3) is 0.667. The number of rotatable bonds is 7. The number of hydrogen-bond donors (Lipinski definition) is 2. The van der Waals surface area contributed by atoms with Crippen LogP contribution in [0.5, 0.6) is 0 Å². The summed E-state index contributed by atoms with van der Waals surface area (Å²) in [5, 5.41) is 17.1. The van der Waals surface area contributed by atoms with Crippen molar-refractivity contribution in [1.29, 1.82) is 5.26 Å². The van der Waals surface area contributed by atoms with E-state index in [9.17, 15) is 23.2 Å². The fourth-order valence-electron chi connectivity index (χ4n) is 7.49. The minimum Gasteiger partial charge on any atom is -0.367 e. The van der Waals surface area contributed by atoms with Crippen LogP contribution in [0.2, 0.25) is 0 Å². The Morgan fingerprint density at radius 2 is 1.98 bits per heavy atom. The number of alkyl halides is 3. The van der Waals surface area contributed by atoms with Gasteiger partial charge in [-0.05, 0) is 62.0 Å². The predicted octanol–water partition coefficient (Wildman–Crippen LogP) is 4.95. The summed E-state index contributed by atoms with van der Waals surface area (Å²) >= 11 is 1.08. The number of halogens is 3. The molecule has 4 aliphatic rings. The molecule has 0 radical (unpaired) electrons. The van der Waals surface area contributed by atoms with Crippen LogP contribution in [0.1, 0.15) is 50.3 Å². The second-order valence-electron chi connectivity index (χ2n) is 12.5. The monoisotopic (exact) mass is 601 g/mol. The number of fused-ring (bicyclic) bond motifs is 2. The van der Waals surface area contributed by atoms with Crippen molar-refractivity contribution >= 4 is 33.3 Å². The normalized spacial score (nSPS) is 29.2. The summed E-state index contributed by atoms with van der Waals surface area (Å²) in [6.45, 7) is 6.86. The van der Waals surface area contributed by atoms with Crippen LogP contribution < -0.4 is 10.6 Å². The Morgan fingerprint density at radius 1 is 1.17 bits per heavy atom. The zero-order valence-corrected chi connectivity index (χ0v) is 24.7. The van der Waals surface area contributed by atoms with Crippen molar-refractivity contribution in [2.75, 3.05) is 38.0 Å². The number of aromatic nitrogens is 2. The van der Waals surface area contributed by atoms with Gasteiger partial charge in [0.25, 0.3) is 0 Å². The predicted molar refractivity (Wildman–Crippen MR) is 156 cm³/mol. The highest BCUT2D eigenvalue weighted by Crippen LogP contribution is 2.44. The lowest BCUT2D eigenvalue weighted by molar-refractivity contribution is -0.126. The van der Waals surface area contributed by atoms with Gasteiger partial charge in [0, 0.05) is 62.0 Å². The molecule has 2 N–H and O–H groups in total. The van der Waals surface area contributed by atoms with Gasteiger partial charge in [-0.2, -0.15) is 18.4 Å². The number of nitrogens with zero attached hydrogens (tertiary/aromatic N) is 5. The van der Waals surface area contributed by atoms with Crippen LogP contribution in [0.3, 0.4) is 0 Å². The quantitative estimate of drug-likeness (QED) is 0.464. The molecule has 1 saturated carbocycles. The van der Waals surface area contributed by atoms with Crippen LogP contribution in [-0.4, -0.2) is 76.7 Å². The Balaban J connectivity index is 1.02. The fourth-order valence-corrected chi connectivity index (χ4v) is 8.52. The number of allylic oxidation sites excluding steroid dienone is 1. The van der Waals surface area contributed by atoms with Crippen LogP contribution in [-0.2, 0) is 11.2 Å². The summed E-state index contributed by atoms with van der Waals surface area (Å²) in [4.78, 5) is 25.9. The second kappa shape index (κ2) is 12.0. The number of piperidine rings is 2. The Morgan fingerprint density at radius 3 is 2.69 bits per heavy atom. The molecule has 2 saturated heterocycles. The molecule has 6 rings (SSSR count). The Bertz CT molecular complexity index is 1350. The number of likely N-dealkylation sites (tertiary alicyclic amines) is 1. The standard InChI is InChI=1S/C30H38F3N7OS/c1-18-20(3-4-26-24(18)10-22(13-34)40(26)15-19-2-5-27(41)35-14-19)16-39-8-6-21(7-9-39)38-28-25-11-23(12-30(31,32)33)42-29(25)37-17-36-28/h10-11,17-21,24,26H,2-9,12,14-16H2,1H3,(H,35,41)(H,36,37,38). The largest absolute Gasteiger partial charge is 0.393 e. The number of anilines is 1.